The molecule has 2 aromatic rings. The zero-order chi connectivity index (χ0) is 16.6. The van der Waals surface area contributed by atoms with Crippen LogP contribution in [0.25, 0.3) is 0 Å². The Morgan fingerprint density at radius 2 is 2.13 bits per heavy atom. The van der Waals surface area contributed by atoms with Crippen LogP contribution in [0.4, 0.5) is 4.39 Å². The minimum absolute atomic E-state index is 0.0376. The fraction of sp³-hybridized carbons (Fsp3) is 0.353. The van der Waals surface area contributed by atoms with Gasteiger partial charge in [-0.3, -0.25) is 9.59 Å². The smallest absolute Gasteiger partial charge is 0.257 e. The number of amides is 1. The number of aryl methyl sites for hydroxylation is 1. The van der Waals surface area contributed by atoms with Crippen molar-refractivity contribution in [1.82, 2.24) is 14.9 Å². The van der Waals surface area contributed by atoms with Crippen molar-refractivity contribution in [3.8, 4) is 0 Å². The second-order valence-electron chi connectivity index (χ2n) is 6.05. The minimum Gasteiger partial charge on any atom is -0.326 e. The molecule has 1 atom stereocenters. The van der Waals surface area contributed by atoms with Crippen molar-refractivity contribution >= 4 is 5.91 Å². The standard InChI is InChI=1S/C17H18FN3O2/c1-11-10-14(22)20-16(19-11)17(2)8-5-9-21(17)15(23)12-6-3-4-7-13(12)18/h3-4,6-7,10H,5,8-9H2,1-2H3,(H,19,20,22)/t17-/m0/s1. The van der Waals surface area contributed by atoms with Gasteiger partial charge in [-0.2, -0.15) is 0 Å². The number of aromatic nitrogens is 2. The number of H-pyrrole nitrogens is 1. The van der Waals surface area contributed by atoms with Crippen LogP contribution in [0.5, 0.6) is 0 Å². The molecule has 1 N–H and O–H groups in total. The summed E-state index contributed by atoms with van der Waals surface area (Å²) >= 11 is 0. The average molecular weight is 315 g/mol. The van der Waals surface area contributed by atoms with Gasteiger partial charge in [0, 0.05) is 18.3 Å². The highest BCUT2D eigenvalue weighted by atomic mass is 19.1. The summed E-state index contributed by atoms with van der Waals surface area (Å²) in [5.74, 6) is -0.477. The summed E-state index contributed by atoms with van der Waals surface area (Å²) in [6.45, 7) is 4.10. The van der Waals surface area contributed by atoms with Gasteiger partial charge in [-0.15, -0.1) is 0 Å². The van der Waals surface area contributed by atoms with E-state index < -0.39 is 11.4 Å². The van der Waals surface area contributed by atoms with Gasteiger partial charge in [0.25, 0.3) is 11.5 Å². The van der Waals surface area contributed by atoms with Crippen LogP contribution in [0.15, 0.2) is 35.1 Å². The van der Waals surface area contributed by atoms with Gasteiger partial charge in [-0.1, -0.05) is 12.1 Å². The predicted molar refractivity (Wildman–Crippen MR) is 83.6 cm³/mol. The molecule has 3 rings (SSSR count). The molecule has 23 heavy (non-hydrogen) atoms. The summed E-state index contributed by atoms with van der Waals surface area (Å²) in [4.78, 5) is 33.3. The van der Waals surface area contributed by atoms with E-state index in [4.69, 9.17) is 0 Å². The Hall–Kier alpha value is -2.50. The molecule has 0 aliphatic carbocycles. The number of benzene rings is 1. The molecule has 1 fully saturated rings. The zero-order valence-electron chi connectivity index (χ0n) is 13.1. The molecule has 5 nitrogen and oxygen atoms in total. The van der Waals surface area contributed by atoms with Gasteiger partial charge in [0.2, 0.25) is 0 Å². The van der Waals surface area contributed by atoms with Crippen molar-refractivity contribution in [1.29, 1.82) is 0 Å². The van der Waals surface area contributed by atoms with Gasteiger partial charge >= 0.3 is 0 Å². The zero-order valence-corrected chi connectivity index (χ0v) is 13.1. The van der Waals surface area contributed by atoms with Crippen LogP contribution in [-0.2, 0) is 5.54 Å². The third-order valence-corrected chi connectivity index (χ3v) is 4.37. The first kappa shape index (κ1) is 15.4. The van der Waals surface area contributed by atoms with E-state index in [1.165, 1.54) is 18.2 Å². The van der Waals surface area contributed by atoms with Crippen molar-refractivity contribution in [2.45, 2.75) is 32.2 Å². The molecule has 6 heteroatoms. The second kappa shape index (κ2) is 5.61. The third kappa shape index (κ3) is 2.65. The lowest BCUT2D eigenvalue weighted by molar-refractivity contribution is 0.0598. The Labute approximate surface area is 133 Å². The number of hydrogen-bond acceptors (Lipinski definition) is 3. The Morgan fingerprint density at radius 3 is 2.83 bits per heavy atom. The maximum absolute atomic E-state index is 14.0. The van der Waals surface area contributed by atoms with Crippen LogP contribution in [0.3, 0.4) is 0 Å². The number of rotatable bonds is 2. The first-order valence-electron chi connectivity index (χ1n) is 7.57. The summed E-state index contributed by atoms with van der Waals surface area (Å²) in [7, 11) is 0. The van der Waals surface area contributed by atoms with Crippen molar-refractivity contribution < 1.29 is 9.18 Å². The second-order valence-corrected chi connectivity index (χ2v) is 6.05. The quantitative estimate of drug-likeness (QED) is 0.925. The molecule has 0 bridgehead atoms. The van der Waals surface area contributed by atoms with Gasteiger partial charge in [0.05, 0.1) is 11.1 Å². The molecular formula is C17H18FN3O2. The summed E-state index contributed by atoms with van der Waals surface area (Å²) in [5, 5.41) is 0. The lowest BCUT2D eigenvalue weighted by Crippen LogP contribution is -2.45. The highest BCUT2D eigenvalue weighted by Crippen LogP contribution is 2.37. The average Bonchev–Trinajstić information content (AvgIpc) is 2.89. The van der Waals surface area contributed by atoms with E-state index in [9.17, 15) is 14.0 Å². The van der Waals surface area contributed by atoms with Crippen LogP contribution in [0, 0.1) is 12.7 Å². The lowest BCUT2D eigenvalue weighted by Gasteiger charge is -2.34. The first-order valence-corrected chi connectivity index (χ1v) is 7.57. The SMILES string of the molecule is Cc1cc(=O)[nH]c([C@]2(C)CCCN2C(=O)c2ccccc2F)n1. The molecule has 1 aromatic heterocycles. The molecule has 120 valence electrons. The highest BCUT2D eigenvalue weighted by molar-refractivity contribution is 5.95. The Kier molecular flexibility index (Phi) is 3.75. The number of aromatic amines is 1. The summed E-state index contributed by atoms with van der Waals surface area (Å²) < 4.78 is 14.0. The summed E-state index contributed by atoms with van der Waals surface area (Å²) in [6, 6.07) is 7.34. The van der Waals surface area contributed by atoms with Gasteiger partial charge in [-0.25, -0.2) is 9.37 Å². The molecule has 2 heterocycles. The number of halogens is 1. The topological polar surface area (TPSA) is 66.1 Å². The van der Waals surface area contributed by atoms with Gasteiger partial charge in [0.1, 0.15) is 11.6 Å². The number of likely N-dealkylation sites (tertiary alicyclic amines) is 1. The van der Waals surface area contributed by atoms with Crippen LogP contribution in [0.1, 0.15) is 41.6 Å². The maximum atomic E-state index is 14.0. The largest absolute Gasteiger partial charge is 0.326 e. The normalized spacial score (nSPS) is 20.7. The first-order chi connectivity index (χ1) is 10.9. The minimum atomic E-state index is -0.745. The van der Waals surface area contributed by atoms with Crippen LogP contribution in [0.2, 0.25) is 0 Å². The molecule has 0 spiro atoms. The lowest BCUT2D eigenvalue weighted by atomic mass is 9.96. The Morgan fingerprint density at radius 1 is 1.39 bits per heavy atom. The molecular weight excluding hydrogens is 297 g/mol. The van der Waals surface area contributed by atoms with Crippen molar-refractivity contribution in [2.75, 3.05) is 6.54 Å². The van der Waals surface area contributed by atoms with Crippen LogP contribution >= 0.6 is 0 Å². The molecule has 1 amide bonds. The Bertz CT molecular complexity index is 817. The Balaban J connectivity index is 2.04. The molecule has 1 aliphatic heterocycles. The van der Waals surface area contributed by atoms with Crippen LogP contribution in [-0.4, -0.2) is 27.3 Å². The molecule has 0 radical (unpaired) electrons. The van der Waals surface area contributed by atoms with E-state index >= 15 is 0 Å². The van der Waals surface area contributed by atoms with Gasteiger partial charge in [0.15, 0.2) is 0 Å². The maximum Gasteiger partial charge on any atom is 0.257 e. The van der Waals surface area contributed by atoms with Crippen LogP contribution < -0.4 is 5.56 Å². The number of carbonyl (C=O) groups is 1. The van der Waals surface area contributed by atoms with E-state index in [2.05, 4.69) is 9.97 Å². The van der Waals surface area contributed by atoms with Gasteiger partial charge in [-0.05, 0) is 38.8 Å². The fourth-order valence-electron chi connectivity index (χ4n) is 3.15. The van der Waals surface area contributed by atoms with E-state index in [-0.39, 0.29) is 17.0 Å². The molecule has 1 saturated heterocycles. The number of carbonyl (C=O) groups excluding carboxylic acids is 1. The number of nitrogens with zero attached hydrogens (tertiary/aromatic N) is 2. The van der Waals surface area contributed by atoms with E-state index in [0.717, 1.165) is 6.42 Å². The van der Waals surface area contributed by atoms with E-state index in [1.807, 2.05) is 6.92 Å². The molecule has 0 unspecified atom stereocenters. The van der Waals surface area contributed by atoms with Crippen molar-refractivity contribution in [3.63, 3.8) is 0 Å². The molecule has 1 aromatic carbocycles. The number of nitrogens with one attached hydrogen (secondary N) is 1. The predicted octanol–water partition coefficient (Wildman–Crippen LogP) is 2.37. The van der Waals surface area contributed by atoms with Gasteiger partial charge < -0.3 is 9.88 Å². The van der Waals surface area contributed by atoms with Crippen molar-refractivity contribution in [3.05, 3.63) is 63.6 Å². The fourth-order valence-corrected chi connectivity index (χ4v) is 3.15. The van der Waals surface area contributed by atoms with E-state index in [0.29, 0.717) is 24.5 Å². The number of hydrogen-bond donors (Lipinski definition) is 1. The molecule has 1 aliphatic rings. The summed E-state index contributed by atoms with van der Waals surface area (Å²) in [5.41, 5.74) is -0.366. The van der Waals surface area contributed by atoms with E-state index in [1.54, 1.807) is 24.0 Å². The van der Waals surface area contributed by atoms with Crippen molar-refractivity contribution in [2.24, 2.45) is 0 Å². The third-order valence-electron chi connectivity index (χ3n) is 4.37. The summed E-state index contributed by atoms with van der Waals surface area (Å²) in [6.07, 6.45) is 1.44. The molecule has 0 saturated carbocycles. The monoisotopic (exact) mass is 315 g/mol. The highest BCUT2D eigenvalue weighted by Gasteiger charge is 2.43.